The van der Waals surface area contributed by atoms with Crippen molar-refractivity contribution in [2.45, 2.75) is 52.6 Å². The highest BCUT2D eigenvalue weighted by Gasteiger charge is 2.33. The molecule has 2 N–H and O–H groups in total. The van der Waals surface area contributed by atoms with E-state index in [2.05, 4.69) is 48.8 Å². The molecular formula is C17H25N3. The van der Waals surface area contributed by atoms with Crippen LogP contribution < -0.4 is 10.6 Å². The predicted molar refractivity (Wildman–Crippen MR) is 86.6 cm³/mol. The Balaban J connectivity index is 2.05. The molecule has 2 rings (SSSR count). The van der Waals surface area contributed by atoms with Gasteiger partial charge in [0.2, 0.25) is 0 Å². The molecule has 1 fully saturated rings. The van der Waals surface area contributed by atoms with Gasteiger partial charge in [-0.15, -0.1) is 0 Å². The van der Waals surface area contributed by atoms with Crippen molar-refractivity contribution >= 4 is 5.71 Å². The van der Waals surface area contributed by atoms with E-state index in [-0.39, 0.29) is 0 Å². The van der Waals surface area contributed by atoms with Crippen LogP contribution in [0.5, 0.6) is 0 Å². The Morgan fingerprint density at radius 2 is 2.00 bits per heavy atom. The van der Waals surface area contributed by atoms with Crippen LogP contribution in [0.1, 0.15) is 40.5 Å². The highest BCUT2D eigenvalue weighted by Crippen LogP contribution is 2.30. The molecule has 3 heteroatoms. The first-order chi connectivity index (χ1) is 9.38. The summed E-state index contributed by atoms with van der Waals surface area (Å²) in [5.41, 5.74) is 6.43. The summed E-state index contributed by atoms with van der Waals surface area (Å²) in [7, 11) is 0. The Hall–Kier alpha value is -1.77. The molecule has 1 heterocycles. The summed E-state index contributed by atoms with van der Waals surface area (Å²) < 4.78 is 0. The van der Waals surface area contributed by atoms with Crippen LogP contribution in [0.25, 0.3) is 0 Å². The van der Waals surface area contributed by atoms with Gasteiger partial charge in [-0.3, -0.25) is 4.99 Å². The largest absolute Gasteiger partial charge is 0.388 e. The zero-order chi connectivity index (χ0) is 14.9. The zero-order valence-electron chi connectivity index (χ0n) is 13.0. The fourth-order valence-electron chi connectivity index (χ4n) is 2.79. The molecule has 1 aliphatic heterocycles. The minimum Gasteiger partial charge on any atom is -0.388 e. The molecule has 2 unspecified atom stereocenters. The third kappa shape index (κ3) is 3.03. The Bertz CT molecular complexity index is 530. The molecule has 0 aromatic heterocycles. The van der Waals surface area contributed by atoms with Crippen molar-refractivity contribution < 1.29 is 0 Å². The first-order valence-electron chi connectivity index (χ1n) is 7.18. The molecule has 2 atom stereocenters. The van der Waals surface area contributed by atoms with Gasteiger partial charge >= 0.3 is 0 Å². The Morgan fingerprint density at radius 3 is 2.45 bits per heavy atom. The molecule has 3 nitrogen and oxygen atoms in total. The van der Waals surface area contributed by atoms with Gasteiger partial charge in [0.05, 0.1) is 17.5 Å². The number of hydrogen-bond acceptors (Lipinski definition) is 3. The molecule has 0 saturated heterocycles. The van der Waals surface area contributed by atoms with Crippen LogP contribution in [0, 0.1) is 0 Å². The molecule has 20 heavy (non-hydrogen) atoms. The Morgan fingerprint density at radius 1 is 1.30 bits per heavy atom. The van der Waals surface area contributed by atoms with Gasteiger partial charge in [0.1, 0.15) is 0 Å². The normalized spacial score (nSPS) is 24.0. The van der Waals surface area contributed by atoms with Crippen molar-refractivity contribution in [3.05, 3.63) is 47.5 Å². The summed E-state index contributed by atoms with van der Waals surface area (Å²) in [5.74, 6) is 0. The molecule has 1 saturated carbocycles. The maximum Gasteiger partial charge on any atom is 0.0643 e. The fraction of sp³-hybridized carbons (Fsp3) is 0.471. The molecule has 0 aromatic carbocycles. The maximum absolute atomic E-state index is 4.68. The molecule has 108 valence electrons. The topological polar surface area (TPSA) is 36.4 Å². The minimum absolute atomic E-state index is 0.416. The van der Waals surface area contributed by atoms with E-state index in [1.54, 1.807) is 0 Å². The van der Waals surface area contributed by atoms with Crippen molar-refractivity contribution in [3.63, 3.8) is 0 Å². The summed E-state index contributed by atoms with van der Waals surface area (Å²) in [4.78, 5) is 4.68. The van der Waals surface area contributed by atoms with Crippen LogP contribution in [0.2, 0.25) is 0 Å². The van der Waals surface area contributed by atoms with Gasteiger partial charge in [0.15, 0.2) is 0 Å². The highest BCUT2D eigenvalue weighted by molar-refractivity contribution is 5.98. The van der Waals surface area contributed by atoms with E-state index in [1.165, 1.54) is 11.1 Å². The summed E-state index contributed by atoms with van der Waals surface area (Å²) in [6.45, 7) is 16.2. The predicted octanol–water partition coefficient (Wildman–Crippen LogP) is 3.44. The van der Waals surface area contributed by atoms with Gasteiger partial charge in [0.25, 0.3) is 0 Å². The summed E-state index contributed by atoms with van der Waals surface area (Å²) in [5, 5.41) is 6.88. The molecule has 0 spiro atoms. The third-order valence-corrected chi connectivity index (χ3v) is 3.90. The lowest BCUT2D eigenvalue weighted by Crippen LogP contribution is -2.34. The lowest BCUT2D eigenvalue weighted by atomic mass is 10.1. The smallest absolute Gasteiger partial charge is 0.0643 e. The van der Waals surface area contributed by atoms with Crippen LogP contribution in [0.4, 0.5) is 0 Å². The quantitative estimate of drug-likeness (QED) is 0.593. The number of aliphatic imine (C=N–C) groups is 1. The number of allylic oxidation sites excluding steroid dienone is 3. The summed E-state index contributed by atoms with van der Waals surface area (Å²) in [6, 6.07) is 1.02. The maximum atomic E-state index is 4.68. The third-order valence-electron chi connectivity index (χ3n) is 3.90. The van der Waals surface area contributed by atoms with Crippen molar-refractivity contribution in [3.8, 4) is 0 Å². The monoisotopic (exact) mass is 271 g/mol. The Labute approximate surface area is 122 Å². The van der Waals surface area contributed by atoms with E-state index in [1.807, 2.05) is 13.8 Å². The van der Waals surface area contributed by atoms with Gasteiger partial charge in [-0.05, 0) is 57.9 Å². The SMILES string of the molecule is C=C(C)C(/N=C(\C)C(=C)NC1CC2CC1=CN2)=C(C)C. The van der Waals surface area contributed by atoms with Crippen LogP contribution in [-0.4, -0.2) is 17.8 Å². The minimum atomic E-state index is 0.416. The van der Waals surface area contributed by atoms with Crippen LogP contribution in [-0.2, 0) is 0 Å². The molecule has 0 aromatic rings. The average Bonchev–Trinajstić information content (AvgIpc) is 2.96. The van der Waals surface area contributed by atoms with Crippen LogP contribution in [0.3, 0.4) is 0 Å². The van der Waals surface area contributed by atoms with Gasteiger partial charge < -0.3 is 10.6 Å². The van der Waals surface area contributed by atoms with E-state index in [0.717, 1.165) is 35.5 Å². The number of nitrogens with zero attached hydrogens (tertiary/aromatic N) is 1. The van der Waals surface area contributed by atoms with Crippen LogP contribution >= 0.6 is 0 Å². The number of rotatable bonds is 5. The average molecular weight is 271 g/mol. The zero-order valence-corrected chi connectivity index (χ0v) is 13.0. The lowest BCUT2D eigenvalue weighted by molar-refractivity contribution is 0.551. The first-order valence-corrected chi connectivity index (χ1v) is 7.18. The second kappa shape index (κ2) is 5.70. The van der Waals surface area contributed by atoms with E-state index >= 15 is 0 Å². The van der Waals surface area contributed by atoms with Gasteiger partial charge in [-0.2, -0.15) is 0 Å². The molecular weight excluding hydrogens is 246 g/mol. The van der Waals surface area contributed by atoms with Crippen molar-refractivity contribution in [2.75, 3.05) is 0 Å². The van der Waals surface area contributed by atoms with E-state index < -0.39 is 0 Å². The van der Waals surface area contributed by atoms with E-state index in [4.69, 9.17) is 0 Å². The summed E-state index contributed by atoms with van der Waals surface area (Å²) >= 11 is 0. The van der Waals surface area contributed by atoms with E-state index in [0.29, 0.717) is 12.1 Å². The highest BCUT2D eigenvalue weighted by atomic mass is 15.0. The van der Waals surface area contributed by atoms with Crippen LogP contribution in [0.15, 0.2) is 52.5 Å². The molecule has 0 amide bonds. The molecule has 1 aliphatic carbocycles. The second-order valence-electron chi connectivity index (χ2n) is 6.02. The first kappa shape index (κ1) is 14.6. The van der Waals surface area contributed by atoms with Gasteiger partial charge in [-0.1, -0.05) is 18.7 Å². The second-order valence-corrected chi connectivity index (χ2v) is 6.02. The van der Waals surface area contributed by atoms with Gasteiger partial charge in [-0.25, -0.2) is 0 Å². The fourth-order valence-corrected chi connectivity index (χ4v) is 2.79. The molecule has 2 bridgehead atoms. The standard InChI is InChI=1S/C17H25N3/c1-10(2)17(11(3)4)20-13(6)12(5)19-16-8-15-7-14(16)9-18-15/h9,15-16,18-19H,1,5,7-8H2,2-4,6H3/b20-13+. The van der Waals surface area contributed by atoms with Crippen molar-refractivity contribution in [1.29, 1.82) is 0 Å². The van der Waals surface area contributed by atoms with Gasteiger partial charge in [0, 0.05) is 11.7 Å². The van der Waals surface area contributed by atoms with Crippen molar-refractivity contribution in [1.82, 2.24) is 10.6 Å². The van der Waals surface area contributed by atoms with E-state index in [9.17, 15) is 0 Å². The van der Waals surface area contributed by atoms with Crippen molar-refractivity contribution in [2.24, 2.45) is 4.99 Å². The summed E-state index contributed by atoms with van der Waals surface area (Å²) in [6.07, 6.45) is 4.43. The molecule has 2 aliphatic rings. The number of hydrogen-bond donors (Lipinski definition) is 2. The lowest BCUT2D eigenvalue weighted by Gasteiger charge is -2.21. The Kier molecular flexibility index (Phi) is 4.17. The number of fused-ring (bicyclic) bond motifs is 2. The number of nitrogens with one attached hydrogen (secondary N) is 2. The molecule has 0 radical (unpaired) electrons.